The zero-order valence-electron chi connectivity index (χ0n) is 17.3. The van der Waals surface area contributed by atoms with Crippen molar-refractivity contribution in [2.75, 3.05) is 0 Å². The van der Waals surface area contributed by atoms with Gasteiger partial charge in [-0.1, -0.05) is 13.8 Å². The van der Waals surface area contributed by atoms with E-state index in [-0.39, 0.29) is 17.0 Å². The Morgan fingerprint density at radius 2 is 1.86 bits per heavy atom. The molecule has 5 rings (SSSR count). The fourth-order valence-electron chi connectivity index (χ4n) is 8.36. The maximum Gasteiger partial charge on any atom is 0.335 e. The van der Waals surface area contributed by atoms with Crippen molar-refractivity contribution in [2.45, 2.75) is 89.2 Å². The molecule has 1 aromatic rings. The molecule has 1 aromatic heterocycles. The van der Waals surface area contributed by atoms with Gasteiger partial charge < -0.3 is 15.3 Å². The Labute approximate surface area is 167 Å². The maximum absolute atomic E-state index is 12.2. The molecule has 4 saturated carbocycles. The van der Waals surface area contributed by atoms with E-state index in [0.29, 0.717) is 23.3 Å². The Morgan fingerprint density at radius 3 is 2.61 bits per heavy atom. The highest BCUT2D eigenvalue weighted by Gasteiger charge is 2.67. The van der Waals surface area contributed by atoms with E-state index in [0.717, 1.165) is 43.6 Å². The molecule has 1 unspecified atom stereocenters. The predicted molar refractivity (Wildman–Crippen MR) is 109 cm³/mol. The van der Waals surface area contributed by atoms with Gasteiger partial charge in [-0.05, 0) is 98.5 Å². The largest absolute Gasteiger partial charge is 0.431 e. The Kier molecular flexibility index (Phi) is 4.17. The van der Waals surface area contributed by atoms with Crippen molar-refractivity contribution < 1.29 is 9.52 Å². The lowest BCUT2D eigenvalue weighted by Gasteiger charge is -2.63. The lowest BCUT2D eigenvalue weighted by Crippen LogP contribution is -2.62. The van der Waals surface area contributed by atoms with Crippen LogP contribution in [0, 0.1) is 28.6 Å². The average Bonchev–Trinajstić information content (AvgIpc) is 2.95. The third-order valence-electron chi connectivity index (χ3n) is 10.0. The van der Waals surface area contributed by atoms with Crippen molar-refractivity contribution >= 4 is 0 Å². The summed E-state index contributed by atoms with van der Waals surface area (Å²) >= 11 is 0. The highest BCUT2D eigenvalue weighted by molar-refractivity contribution is 5.27. The smallest absolute Gasteiger partial charge is 0.335 e. The first-order valence-electron chi connectivity index (χ1n) is 11.3. The zero-order chi connectivity index (χ0) is 19.7. The standard InChI is InChI=1S/C24H35NO3/c1-22-10-7-17(25)13-16(22)4-5-20-19(22)8-11-23(2)18(9-12-24(20,23)27)15-3-6-21(26)28-14-15/h3,6,14,16-20,27H,4-5,7-13,25H2,1-2H3/t16-,17-,18-,19+,20?,22+,23-,24+/m1/s1. The molecule has 4 nitrogen and oxygen atoms in total. The summed E-state index contributed by atoms with van der Waals surface area (Å²) in [4.78, 5) is 11.4. The number of hydrogen-bond donors (Lipinski definition) is 2. The molecule has 0 spiro atoms. The number of hydrogen-bond acceptors (Lipinski definition) is 4. The summed E-state index contributed by atoms with van der Waals surface area (Å²) < 4.78 is 5.18. The molecule has 0 aromatic carbocycles. The van der Waals surface area contributed by atoms with Crippen LogP contribution in [0.25, 0.3) is 0 Å². The molecule has 1 heterocycles. The highest BCUT2D eigenvalue weighted by Crippen LogP contribution is 2.70. The fraction of sp³-hybridized carbons (Fsp3) is 0.792. The van der Waals surface area contributed by atoms with Gasteiger partial charge in [0, 0.05) is 17.5 Å². The van der Waals surface area contributed by atoms with Crippen molar-refractivity contribution in [3.63, 3.8) is 0 Å². The van der Waals surface area contributed by atoms with Gasteiger partial charge in [0.15, 0.2) is 0 Å². The summed E-state index contributed by atoms with van der Waals surface area (Å²) in [7, 11) is 0. The van der Waals surface area contributed by atoms with Crippen LogP contribution < -0.4 is 11.4 Å². The van der Waals surface area contributed by atoms with Crippen LogP contribution in [0.15, 0.2) is 27.6 Å². The minimum Gasteiger partial charge on any atom is -0.431 e. The topological polar surface area (TPSA) is 76.5 Å². The van der Waals surface area contributed by atoms with E-state index in [9.17, 15) is 9.90 Å². The Morgan fingerprint density at radius 1 is 1.04 bits per heavy atom. The molecule has 8 atom stereocenters. The van der Waals surface area contributed by atoms with E-state index < -0.39 is 5.60 Å². The van der Waals surface area contributed by atoms with Gasteiger partial charge in [0.25, 0.3) is 0 Å². The molecule has 0 aliphatic heterocycles. The van der Waals surface area contributed by atoms with Crippen molar-refractivity contribution in [2.24, 2.45) is 34.3 Å². The normalized spacial score (nSPS) is 50.5. The lowest BCUT2D eigenvalue weighted by atomic mass is 9.43. The first kappa shape index (κ1) is 18.9. The minimum atomic E-state index is -0.607. The first-order chi connectivity index (χ1) is 13.3. The summed E-state index contributed by atoms with van der Waals surface area (Å²) in [6, 6.07) is 3.81. The van der Waals surface area contributed by atoms with E-state index >= 15 is 0 Å². The molecular weight excluding hydrogens is 350 g/mol. The Bertz CT molecular complexity index is 800. The quantitative estimate of drug-likeness (QED) is 0.759. The number of rotatable bonds is 1. The molecule has 0 saturated heterocycles. The van der Waals surface area contributed by atoms with E-state index in [1.165, 1.54) is 31.7 Å². The van der Waals surface area contributed by atoms with Crippen LogP contribution in [0.5, 0.6) is 0 Å². The number of nitrogens with two attached hydrogens (primary N) is 1. The van der Waals surface area contributed by atoms with Crippen molar-refractivity contribution in [1.82, 2.24) is 0 Å². The Hall–Kier alpha value is -1.13. The average molecular weight is 386 g/mol. The van der Waals surface area contributed by atoms with Gasteiger partial charge in [0.05, 0.1) is 11.9 Å². The zero-order valence-corrected chi connectivity index (χ0v) is 17.3. The summed E-state index contributed by atoms with van der Waals surface area (Å²) in [5.74, 6) is 2.01. The van der Waals surface area contributed by atoms with E-state index in [4.69, 9.17) is 10.2 Å². The summed E-state index contributed by atoms with van der Waals surface area (Å²) in [5.41, 5.74) is 6.70. The first-order valence-corrected chi connectivity index (χ1v) is 11.3. The van der Waals surface area contributed by atoms with Crippen LogP contribution in [0.1, 0.15) is 83.1 Å². The van der Waals surface area contributed by atoms with Gasteiger partial charge >= 0.3 is 5.63 Å². The molecule has 0 radical (unpaired) electrons. The van der Waals surface area contributed by atoms with E-state index in [1.54, 1.807) is 6.26 Å². The summed E-state index contributed by atoms with van der Waals surface area (Å²) in [5, 5.41) is 12.2. The van der Waals surface area contributed by atoms with Gasteiger partial charge in [0.1, 0.15) is 0 Å². The van der Waals surface area contributed by atoms with Crippen LogP contribution in [0.2, 0.25) is 0 Å². The number of fused-ring (bicyclic) bond motifs is 5. The van der Waals surface area contributed by atoms with E-state index in [1.807, 2.05) is 6.07 Å². The van der Waals surface area contributed by atoms with Gasteiger partial charge in [0.2, 0.25) is 0 Å². The molecule has 4 fully saturated rings. The predicted octanol–water partition coefficient (Wildman–Crippen LogP) is 4.21. The lowest BCUT2D eigenvalue weighted by molar-refractivity contribution is -0.201. The van der Waals surface area contributed by atoms with Crippen LogP contribution in [-0.4, -0.2) is 16.7 Å². The second-order valence-electron chi connectivity index (χ2n) is 10.9. The second-order valence-corrected chi connectivity index (χ2v) is 10.9. The number of aliphatic hydroxyl groups is 1. The third kappa shape index (κ3) is 2.40. The summed E-state index contributed by atoms with van der Waals surface area (Å²) in [6.45, 7) is 4.81. The molecule has 0 bridgehead atoms. The van der Waals surface area contributed by atoms with Crippen LogP contribution in [-0.2, 0) is 0 Å². The molecule has 4 aliphatic carbocycles. The Balaban J connectivity index is 1.48. The van der Waals surface area contributed by atoms with Crippen molar-refractivity contribution in [3.8, 4) is 0 Å². The van der Waals surface area contributed by atoms with Gasteiger partial charge in [-0.15, -0.1) is 0 Å². The van der Waals surface area contributed by atoms with Gasteiger partial charge in [-0.2, -0.15) is 0 Å². The monoisotopic (exact) mass is 385 g/mol. The van der Waals surface area contributed by atoms with Crippen molar-refractivity contribution in [3.05, 3.63) is 34.4 Å². The molecule has 28 heavy (non-hydrogen) atoms. The van der Waals surface area contributed by atoms with Crippen molar-refractivity contribution in [1.29, 1.82) is 0 Å². The molecule has 3 N–H and O–H groups in total. The molecule has 4 heteroatoms. The van der Waals surface area contributed by atoms with Crippen LogP contribution >= 0.6 is 0 Å². The van der Waals surface area contributed by atoms with Crippen LogP contribution in [0.4, 0.5) is 0 Å². The van der Waals surface area contributed by atoms with Gasteiger partial charge in [-0.25, -0.2) is 4.79 Å². The highest BCUT2D eigenvalue weighted by atomic mass is 16.4. The van der Waals surface area contributed by atoms with Gasteiger partial charge in [-0.3, -0.25) is 0 Å². The molecule has 154 valence electrons. The third-order valence-corrected chi connectivity index (χ3v) is 10.0. The molecular formula is C24H35NO3. The molecule has 0 amide bonds. The molecule has 4 aliphatic rings. The minimum absolute atomic E-state index is 0.137. The summed E-state index contributed by atoms with van der Waals surface area (Å²) in [6.07, 6.45) is 11.6. The SMILES string of the molecule is C[C@]12CC[C@@H](N)C[C@H]1CCC1[C@@H]2CC[C@]2(C)[C@@H](c3ccc(=O)oc3)CC[C@]12O. The second kappa shape index (κ2) is 6.18. The fourth-order valence-corrected chi connectivity index (χ4v) is 8.36. The van der Waals surface area contributed by atoms with E-state index in [2.05, 4.69) is 13.8 Å². The van der Waals surface area contributed by atoms with Crippen LogP contribution in [0.3, 0.4) is 0 Å². The maximum atomic E-state index is 12.2.